The standard InChI is InChI=1S/C15H29N/c1-7-9-10-16-14(6)13(5)11-15(8-2)12(3)4/h13,15-16H,3,6-11H2,1-2,4-5H3. The van der Waals surface area contributed by atoms with Crippen LogP contribution in [0.5, 0.6) is 0 Å². The van der Waals surface area contributed by atoms with Crippen LogP contribution in [0.3, 0.4) is 0 Å². The fourth-order valence-electron chi connectivity index (χ4n) is 1.89. The average molecular weight is 223 g/mol. The molecule has 0 aromatic heterocycles. The molecule has 0 spiro atoms. The predicted octanol–water partition coefficient (Wildman–Crippen LogP) is 4.52. The van der Waals surface area contributed by atoms with Gasteiger partial charge in [-0.1, -0.05) is 45.9 Å². The highest BCUT2D eigenvalue weighted by molar-refractivity contribution is 5.02. The smallest absolute Gasteiger partial charge is 0.0143 e. The van der Waals surface area contributed by atoms with Crippen LogP contribution in [-0.4, -0.2) is 6.54 Å². The monoisotopic (exact) mass is 223 g/mol. The van der Waals surface area contributed by atoms with E-state index in [1.165, 1.54) is 37.0 Å². The van der Waals surface area contributed by atoms with Crippen molar-refractivity contribution in [2.45, 2.75) is 53.4 Å². The molecule has 1 nitrogen and oxygen atoms in total. The second-order valence-electron chi connectivity index (χ2n) is 4.89. The minimum absolute atomic E-state index is 0.540. The molecule has 94 valence electrons. The van der Waals surface area contributed by atoms with Crippen molar-refractivity contribution in [2.75, 3.05) is 6.54 Å². The van der Waals surface area contributed by atoms with Gasteiger partial charge in [0.1, 0.15) is 0 Å². The van der Waals surface area contributed by atoms with Crippen molar-refractivity contribution >= 4 is 0 Å². The third-order valence-corrected chi connectivity index (χ3v) is 3.31. The summed E-state index contributed by atoms with van der Waals surface area (Å²) in [7, 11) is 0. The van der Waals surface area contributed by atoms with Crippen LogP contribution in [0.15, 0.2) is 24.4 Å². The van der Waals surface area contributed by atoms with E-state index in [0.29, 0.717) is 11.8 Å². The van der Waals surface area contributed by atoms with Crippen LogP contribution in [0.25, 0.3) is 0 Å². The van der Waals surface area contributed by atoms with E-state index in [1.807, 2.05) is 0 Å². The van der Waals surface area contributed by atoms with Gasteiger partial charge >= 0.3 is 0 Å². The lowest BCUT2D eigenvalue weighted by molar-refractivity contribution is 0.445. The summed E-state index contributed by atoms with van der Waals surface area (Å²) in [6.07, 6.45) is 4.81. The topological polar surface area (TPSA) is 12.0 Å². The minimum atomic E-state index is 0.540. The molecular weight excluding hydrogens is 194 g/mol. The van der Waals surface area contributed by atoms with Crippen molar-refractivity contribution in [1.29, 1.82) is 0 Å². The van der Waals surface area contributed by atoms with Gasteiger partial charge < -0.3 is 5.32 Å². The second-order valence-corrected chi connectivity index (χ2v) is 4.89. The Hall–Kier alpha value is -0.720. The van der Waals surface area contributed by atoms with E-state index in [0.717, 1.165) is 6.54 Å². The number of hydrogen-bond donors (Lipinski definition) is 1. The highest BCUT2D eigenvalue weighted by atomic mass is 14.9. The van der Waals surface area contributed by atoms with Crippen LogP contribution < -0.4 is 5.32 Å². The molecule has 0 aromatic carbocycles. The van der Waals surface area contributed by atoms with Crippen molar-refractivity contribution < 1.29 is 0 Å². The van der Waals surface area contributed by atoms with Crippen molar-refractivity contribution in [3.8, 4) is 0 Å². The molecule has 2 unspecified atom stereocenters. The van der Waals surface area contributed by atoms with Crippen LogP contribution in [-0.2, 0) is 0 Å². The molecule has 2 atom stereocenters. The summed E-state index contributed by atoms with van der Waals surface area (Å²) >= 11 is 0. The van der Waals surface area contributed by atoms with Crippen LogP contribution in [0.1, 0.15) is 53.4 Å². The van der Waals surface area contributed by atoms with Crippen LogP contribution in [0.4, 0.5) is 0 Å². The largest absolute Gasteiger partial charge is 0.389 e. The first-order valence-corrected chi connectivity index (χ1v) is 6.60. The van der Waals surface area contributed by atoms with E-state index in [4.69, 9.17) is 0 Å². The molecule has 0 heterocycles. The maximum absolute atomic E-state index is 4.13. The molecule has 0 rings (SSSR count). The zero-order valence-corrected chi connectivity index (χ0v) is 11.6. The molecule has 0 saturated heterocycles. The lowest BCUT2D eigenvalue weighted by Crippen LogP contribution is -2.21. The molecule has 0 aliphatic heterocycles. The molecule has 0 aliphatic rings. The van der Waals surface area contributed by atoms with E-state index >= 15 is 0 Å². The fourth-order valence-corrected chi connectivity index (χ4v) is 1.89. The minimum Gasteiger partial charge on any atom is -0.389 e. The molecule has 16 heavy (non-hydrogen) atoms. The lowest BCUT2D eigenvalue weighted by Gasteiger charge is -2.22. The van der Waals surface area contributed by atoms with Crippen LogP contribution in [0, 0.1) is 11.8 Å². The Kier molecular flexibility index (Phi) is 8.05. The third kappa shape index (κ3) is 5.99. The Morgan fingerprint density at radius 2 is 1.88 bits per heavy atom. The van der Waals surface area contributed by atoms with E-state index in [2.05, 4.69) is 46.2 Å². The summed E-state index contributed by atoms with van der Waals surface area (Å²) < 4.78 is 0. The second kappa shape index (κ2) is 8.43. The van der Waals surface area contributed by atoms with E-state index < -0.39 is 0 Å². The highest BCUT2D eigenvalue weighted by Gasteiger charge is 2.14. The zero-order chi connectivity index (χ0) is 12.6. The molecule has 0 amide bonds. The first kappa shape index (κ1) is 15.3. The number of hydrogen-bond acceptors (Lipinski definition) is 1. The summed E-state index contributed by atoms with van der Waals surface area (Å²) in [5.74, 6) is 1.18. The number of unbranched alkanes of at least 4 members (excludes halogenated alkanes) is 1. The molecule has 1 heteroatoms. The van der Waals surface area contributed by atoms with Crippen LogP contribution >= 0.6 is 0 Å². The highest BCUT2D eigenvalue weighted by Crippen LogP contribution is 2.24. The van der Waals surface area contributed by atoms with Crippen molar-refractivity contribution in [1.82, 2.24) is 5.32 Å². The van der Waals surface area contributed by atoms with Gasteiger partial charge in [0.25, 0.3) is 0 Å². The average Bonchev–Trinajstić information content (AvgIpc) is 2.25. The summed E-state index contributed by atoms with van der Waals surface area (Å²) in [6, 6.07) is 0. The summed E-state index contributed by atoms with van der Waals surface area (Å²) in [5, 5.41) is 3.43. The SMILES string of the molecule is C=C(NCCCC)C(C)CC(CC)C(=C)C. The first-order chi connectivity index (χ1) is 7.52. The number of nitrogens with one attached hydrogen (secondary N) is 1. The van der Waals surface area contributed by atoms with Gasteiger partial charge in [-0.15, -0.1) is 0 Å². The zero-order valence-electron chi connectivity index (χ0n) is 11.6. The van der Waals surface area contributed by atoms with Crippen molar-refractivity contribution in [3.63, 3.8) is 0 Å². The molecule has 0 saturated carbocycles. The Morgan fingerprint density at radius 3 is 2.31 bits per heavy atom. The molecule has 0 aromatic rings. The van der Waals surface area contributed by atoms with Crippen molar-refractivity contribution in [3.05, 3.63) is 24.4 Å². The number of allylic oxidation sites excluding steroid dienone is 2. The molecule has 0 bridgehead atoms. The fraction of sp³-hybridized carbons (Fsp3) is 0.733. The van der Waals surface area contributed by atoms with Gasteiger partial charge in [-0.2, -0.15) is 0 Å². The Balaban J connectivity index is 3.98. The predicted molar refractivity (Wildman–Crippen MR) is 74.4 cm³/mol. The molecule has 0 aliphatic carbocycles. The van der Waals surface area contributed by atoms with Gasteiger partial charge in [0.05, 0.1) is 0 Å². The van der Waals surface area contributed by atoms with E-state index in [1.54, 1.807) is 0 Å². The summed E-state index contributed by atoms with van der Waals surface area (Å²) in [4.78, 5) is 0. The number of rotatable bonds is 9. The van der Waals surface area contributed by atoms with Crippen LogP contribution in [0.2, 0.25) is 0 Å². The Labute approximate surface area is 102 Å². The molecule has 0 fully saturated rings. The maximum Gasteiger partial charge on any atom is 0.0143 e. The van der Waals surface area contributed by atoms with E-state index in [9.17, 15) is 0 Å². The first-order valence-electron chi connectivity index (χ1n) is 6.60. The Morgan fingerprint density at radius 1 is 1.25 bits per heavy atom. The van der Waals surface area contributed by atoms with Gasteiger partial charge in [-0.3, -0.25) is 0 Å². The molecular formula is C15H29N. The third-order valence-electron chi connectivity index (χ3n) is 3.31. The van der Waals surface area contributed by atoms with E-state index in [-0.39, 0.29) is 0 Å². The van der Waals surface area contributed by atoms with Gasteiger partial charge in [0.15, 0.2) is 0 Å². The van der Waals surface area contributed by atoms with Gasteiger partial charge in [-0.25, -0.2) is 0 Å². The summed E-state index contributed by atoms with van der Waals surface area (Å²) in [6.45, 7) is 18.1. The molecule has 1 N–H and O–H groups in total. The van der Waals surface area contributed by atoms with Crippen molar-refractivity contribution in [2.24, 2.45) is 11.8 Å². The van der Waals surface area contributed by atoms with Gasteiger partial charge in [-0.05, 0) is 38.0 Å². The maximum atomic E-state index is 4.13. The molecule has 0 radical (unpaired) electrons. The Bertz CT molecular complexity index is 217. The summed E-state index contributed by atoms with van der Waals surface area (Å²) in [5.41, 5.74) is 2.49. The van der Waals surface area contributed by atoms with Gasteiger partial charge in [0.2, 0.25) is 0 Å². The quantitative estimate of drug-likeness (QED) is 0.448. The lowest BCUT2D eigenvalue weighted by atomic mass is 9.87. The van der Waals surface area contributed by atoms with Gasteiger partial charge in [0, 0.05) is 12.2 Å². The normalized spacial score (nSPS) is 14.2.